The Morgan fingerprint density at radius 2 is 1.63 bits per heavy atom. The van der Waals surface area contributed by atoms with Crippen molar-refractivity contribution in [1.82, 2.24) is 10.6 Å². The summed E-state index contributed by atoms with van der Waals surface area (Å²) >= 11 is 0. The highest BCUT2D eigenvalue weighted by molar-refractivity contribution is 5.83. The quantitative estimate of drug-likeness (QED) is 0.689. The Labute approximate surface area is 115 Å². The van der Waals surface area contributed by atoms with E-state index in [1.54, 1.807) is 20.8 Å². The van der Waals surface area contributed by atoms with E-state index >= 15 is 0 Å². The maximum absolute atomic E-state index is 11.9. The summed E-state index contributed by atoms with van der Waals surface area (Å²) in [6.45, 7) is 5.41. The monoisotopic (exact) mass is 270 g/mol. The lowest BCUT2D eigenvalue weighted by Crippen LogP contribution is -2.53. The van der Waals surface area contributed by atoms with E-state index in [2.05, 4.69) is 10.6 Å². The van der Waals surface area contributed by atoms with E-state index in [0.29, 0.717) is 0 Å². The summed E-state index contributed by atoms with van der Waals surface area (Å²) in [7, 11) is 0. The van der Waals surface area contributed by atoms with E-state index in [0.717, 1.165) is 25.7 Å². The summed E-state index contributed by atoms with van der Waals surface area (Å²) in [6, 6.07) is -1.07. The maximum atomic E-state index is 11.9. The zero-order valence-electron chi connectivity index (χ0n) is 12.2. The molecule has 0 aromatic rings. The van der Waals surface area contributed by atoms with Gasteiger partial charge in [0.05, 0.1) is 0 Å². The lowest BCUT2D eigenvalue weighted by Gasteiger charge is -2.28. The number of aliphatic carboxylic acids is 1. The van der Waals surface area contributed by atoms with E-state index < -0.39 is 17.4 Å². The Hall–Kier alpha value is -1.26. The fraction of sp³-hybridized carbons (Fsp3) is 0.857. The van der Waals surface area contributed by atoms with Crippen molar-refractivity contribution in [1.29, 1.82) is 0 Å². The first-order valence-electron chi connectivity index (χ1n) is 7.10. The van der Waals surface area contributed by atoms with Crippen molar-refractivity contribution in [3.8, 4) is 0 Å². The van der Waals surface area contributed by atoms with Gasteiger partial charge in [-0.2, -0.15) is 0 Å². The molecule has 0 aromatic heterocycles. The lowest BCUT2D eigenvalue weighted by atomic mass is 9.87. The number of hydrogen-bond acceptors (Lipinski definition) is 2. The number of rotatable bonds is 3. The van der Waals surface area contributed by atoms with Crippen molar-refractivity contribution in [2.24, 2.45) is 5.41 Å². The zero-order chi connectivity index (χ0) is 14.5. The molecule has 1 unspecified atom stereocenters. The molecule has 19 heavy (non-hydrogen) atoms. The number of amides is 2. The smallest absolute Gasteiger partial charge is 0.326 e. The highest BCUT2D eigenvalue weighted by Gasteiger charge is 2.32. The van der Waals surface area contributed by atoms with Crippen molar-refractivity contribution < 1.29 is 14.7 Å². The van der Waals surface area contributed by atoms with Crippen LogP contribution in [-0.4, -0.2) is 29.2 Å². The molecule has 1 aliphatic carbocycles. The Bertz CT molecular complexity index is 315. The Morgan fingerprint density at radius 1 is 1.11 bits per heavy atom. The molecule has 0 aliphatic heterocycles. The predicted octanol–water partition coefficient (Wildman–Crippen LogP) is 2.51. The van der Waals surface area contributed by atoms with Crippen molar-refractivity contribution in [2.45, 2.75) is 71.4 Å². The van der Waals surface area contributed by atoms with Crippen LogP contribution in [-0.2, 0) is 4.79 Å². The van der Waals surface area contributed by atoms with E-state index in [-0.39, 0.29) is 12.1 Å². The van der Waals surface area contributed by atoms with Crippen molar-refractivity contribution in [3.05, 3.63) is 0 Å². The van der Waals surface area contributed by atoms with Gasteiger partial charge in [0.25, 0.3) is 0 Å². The maximum Gasteiger partial charge on any atom is 0.326 e. The molecule has 1 fully saturated rings. The number of urea groups is 1. The minimum absolute atomic E-state index is 0.178. The molecule has 1 saturated carbocycles. The molecule has 0 saturated heterocycles. The fourth-order valence-corrected chi connectivity index (χ4v) is 2.43. The van der Waals surface area contributed by atoms with Crippen molar-refractivity contribution in [2.75, 3.05) is 0 Å². The molecule has 3 N–H and O–H groups in total. The molecule has 2 amide bonds. The summed E-state index contributed by atoms with van der Waals surface area (Å²) in [5, 5.41) is 14.6. The average molecular weight is 270 g/mol. The highest BCUT2D eigenvalue weighted by atomic mass is 16.4. The minimum Gasteiger partial charge on any atom is -0.480 e. The van der Waals surface area contributed by atoms with Gasteiger partial charge in [0.15, 0.2) is 0 Å². The molecule has 0 spiro atoms. The Balaban J connectivity index is 2.50. The molecular weight excluding hydrogens is 244 g/mol. The molecule has 110 valence electrons. The third-order valence-corrected chi connectivity index (χ3v) is 3.58. The molecule has 5 heteroatoms. The Kier molecular flexibility index (Phi) is 5.63. The van der Waals surface area contributed by atoms with Crippen molar-refractivity contribution >= 4 is 12.0 Å². The van der Waals surface area contributed by atoms with Crippen LogP contribution in [0.4, 0.5) is 4.79 Å². The molecule has 0 heterocycles. The van der Waals surface area contributed by atoms with Crippen LogP contribution in [0.1, 0.15) is 59.3 Å². The number of carbonyl (C=O) groups is 2. The summed E-state index contributed by atoms with van der Waals surface area (Å²) < 4.78 is 0. The van der Waals surface area contributed by atoms with Crippen LogP contribution in [0.3, 0.4) is 0 Å². The summed E-state index contributed by atoms with van der Waals surface area (Å²) in [6.07, 6.45) is 6.68. The van der Waals surface area contributed by atoms with E-state index in [1.165, 1.54) is 12.8 Å². The van der Waals surface area contributed by atoms with Gasteiger partial charge < -0.3 is 15.7 Å². The summed E-state index contributed by atoms with van der Waals surface area (Å²) in [5.74, 6) is -0.997. The lowest BCUT2D eigenvalue weighted by molar-refractivity contribution is -0.141. The van der Waals surface area contributed by atoms with Crippen LogP contribution in [0.5, 0.6) is 0 Å². The van der Waals surface area contributed by atoms with Gasteiger partial charge >= 0.3 is 12.0 Å². The summed E-state index contributed by atoms with van der Waals surface area (Å²) in [4.78, 5) is 23.1. The summed E-state index contributed by atoms with van der Waals surface area (Å²) in [5.41, 5.74) is -0.507. The highest BCUT2D eigenvalue weighted by Crippen LogP contribution is 2.20. The number of carbonyl (C=O) groups excluding carboxylic acids is 1. The molecule has 0 bridgehead atoms. The molecule has 1 atom stereocenters. The molecule has 1 rings (SSSR count). The van der Waals surface area contributed by atoms with Gasteiger partial charge in [-0.3, -0.25) is 0 Å². The molecule has 5 nitrogen and oxygen atoms in total. The average Bonchev–Trinajstić information content (AvgIpc) is 2.52. The van der Waals surface area contributed by atoms with Gasteiger partial charge in [0.1, 0.15) is 6.04 Å². The van der Waals surface area contributed by atoms with Gasteiger partial charge in [0, 0.05) is 6.04 Å². The first-order valence-corrected chi connectivity index (χ1v) is 7.10. The first kappa shape index (κ1) is 15.8. The minimum atomic E-state index is -0.997. The van der Waals surface area contributed by atoms with Crippen LogP contribution >= 0.6 is 0 Å². The van der Waals surface area contributed by atoms with Crippen LogP contribution in [0, 0.1) is 5.41 Å². The number of carboxylic acids is 1. The second kappa shape index (κ2) is 6.78. The third-order valence-electron chi connectivity index (χ3n) is 3.58. The number of nitrogens with one attached hydrogen (secondary N) is 2. The zero-order valence-corrected chi connectivity index (χ0v) is 12.2. The normalized spacial score (nSPS) is 19.3. The Morgan fingerprint density at radius 3 is 2.05 bits per heavy atom. The van der Waals surface area contributed by atoms with E-state index in [1.807, 2.05) is 0 Å². The number of carboxylic acid groups (broad SMARTS) is 1. The number of hydrogen-bond donors (Lipinski definition) is 3. The van der Waals surface area contributed by atoms with Crippen LogP contribution in [0.2, 0.25) is 0 Å². The van der Waals surface area contributed by atoms with E-state index in [9.17, 15) is 9.59 Å². The van der Waals surface area contributed by atoms with Gasteiger partial charge in [-0.1, -0.05) is 46.5 Å². The molecular formula is C14H26N2O3. The largest absolute Gasteiger partial charge is 0.480 e. The van der Waals surface area contributed by atoms with Gasteiger partial charge in [0.2, 0.25) is 0 Å². The van der Waals surface area contributed by atoms with Gasteiger partial charge in [-0.05, 0) is 18.3 Å². The fourth-order valence-electron chi connectivity index (χ4n) is 2.43. The topological polar surface area (TPSA) is 78.4 Å². The standard InChI is InChI=1S/C14H26N2O3/c1-14(2,3)11(12(17)18)16-13(19)15-10-8-6-4-5-7-9-10/h10-11H,4-9H2,1-3H3,(H,17,18)(H2,15,16,19). The third kappa shape index (κ3) is 5.49. The predicted molar refractivity (Wildman–Crippen MR) is 74.0 cm³/mol. The second-order valence-corrected chi connectivity index (χ2v) is 6.44. The van der Waals surface area contributed by atoms with Crippen molar-refractivity contribution in [3.63, 3.8) is 0 Å². The van der Waals surface area contributed by atoms with Crippen LogP contribution in [0.25, 0.3) is 0 Å². The SMILES string of the molecule is CC(C)(C)C(NC(=O)NC1CCCCCC1)C(=O)O. The van der Waals surface area contributed by atoms with E-state index in [4.69, 9.17) is 5.11 Å². The van der Waals surface area contributed by atoms with Gasteiger partial charge in [-0.15, -0.1) is 0 Å². The molecule has 1 aliphatic rings. The second-order valence-electron chi connectivity index (χ2n) is 6.44. The molecule has 0 radical (unpaired) electrons. The molecule has 0 aromatic carbocycles. The van der Waals surface area contributed by atoms with Gasteiger partial charge in [-0.25, -0.2) is 9.59 Å². The van der Waals surface area contributed by atoms with Crippen LogP contribution in [0.15, 0.2) is 0 Å². The first-order chi connectivity index (χ1) is 8.80. The van der Waals surface area contributed by atoms with Crippen LogP contribution < -0.4 is 10.6 Å².